The highest BCUT2D eigenvalue weighted by molar-refractivity contribution is 6.32. The van der Waals surface area contributed by atoms with Crippen LogP contribution in [0.1, 0.15) is 31.0 Å². The molecular weight excluding hydrogens is 369 g/mol. The molecule has 0 aliphatic carbocycles. The second-order valence-corrected chi connectivity index (χ2v) is 7.01. The van der Waals surface area contributed by atoms with E-state index in [0.717, 1.165) is 5.56 Å². The molecule has 27 heavy (non-hydrogen) atoms. The predicted molar refractivity (Wildman–Crippen MR) is 104 cm³/mol. The number of halogens is 2. The minimum atomic E-state index is -0.416. The number of hydrogen-bond acceptors (Lipinski definition) is 5. The van der Waals surface area contributed by atoms with Gasteiger partial charge in [0.2, 0.25) is 0 Å². The average molecular weight is 388 g/mol. The molecule has 1 aliphatic heterocycles. The van der Waals surface area contributed by atoms with E-state index in [1.165, 1.54) is 12.1 Å². The number of benzene rings is 1. The van der Waals surface area contributed by atoms with Gasteiger partial charge in [-0.1, -0.05) is 18.2 Å². The molecule has 0 fully saturated rings. The van der Waals surface area contributed by atoms with E-state index >= 15 is 0 Å². The maximum absolute atomic E-state index is 14.0. The van der Waals surface area contributed by atoms with E-state index in [9.17, 15) is 4.39 Å². The number of ether oxygens (including phenoxy) is 1. The van der Waals surface area contributed by atoms with Crippen LogP contribution in [0, 0.1) is 5.82 Å². The van der Waals surface area contributed by atoms with Gasteiger partial charge in [-0.25, -0.2) is 13.9 Å². The molecule has 2 atom stereocenters. The smallest absolute Gasteiger partial charge is 0.166 e. The van der Waals surface area contributed by atoms with Crippen LogP contribution >= 0.6 is 11.6 Å². The summed E-state index contributed by atoms with van der Waals surface area (Å²) in [5, 5.41) is 11.1. The Labute approximate surface area is 161 Å². The maximum Gasteiger partial charge on any atom is 0.166 e. The van der Waals surface area contributed by atoms with Crippen molar-refractivity contribution in [1.82, 2.24) is 19.9 Å². The summed E-state index contributed by atoms with van der Waals surface area (Å²) in [6.07, 6.45) is 3.31. The third-order valence-electron chi connectivity index (χ3n) is 4.48. The van der Waals surface area contributed by atoms with Gasteiger partial charge in [-0.3, -0.25) is 0 Å². The van der Waals surface area contributed by atoms with Gasteiger partial charge in [-0.15, -0.1) is 0 Å². The molecule has 0 radical (unpaired) electrons. The van der Waals surface area contributed by atoms with Crippen LogP contribution in [-0.2, 0) is 0 Å². The summed E-state index contributed by atoms with van der Waals surface area (Å²) in [6, 6.07) is 4.21. The van der Waals surface area contributed by atoms with Gasteiger partial charge in [0.15, 0.2) is 5.65 Å². The zero-order chi connectivity index (χ0) is 19.1. The molecule has 1 aliphatic rings. The zero-order valence-corrected chi connectivity index (χ0v) is 15.7. The van der Waals surface area contributed by atoms with Crippen molar-refractivity contribution in [3.8, 4) is 5.75 Å². The molecule has 140 valence electrons. The molecule has 0 unspecified atom stereocenters. The fourth-order valence-electron chi connectivity index (χ4n) is 3.09. The number of aromatic nitrogens is 3. The topological polar surface area (TPSA) is 63.5 Å². The molecule has 3 heterocycles. The number of anilines is 1. The summed E-state index contributed by atoms with van der Waals surface area (Å²) in [5.41, 5.74) is 2.80. The first kappa shape index (κ1) is 17.6. The lowest BCUT2D eigenvalue weighted by Crippen LogP contribution is -2.28. The molecule has 0 saturated heterocycles. The first-order valence-electron chi connectivity index (χ1n) is 8.62. The van der Waals surface area contributed by atoms with Crippen LogP contribution in [0.15, 0.2) is 37.2 Å². The largest absolute Gasteiger partial charge is 0.487 e. The van der Waals surface area contributed by atoms with E-state index in [4.69, 9.17) is 16.3 Å². The average Bonchev–Trinajstić information content (AvgIpc) is 3.04. The first-order valence-corrected chi connectivity index (χ1v) is 9.00. The molecule has 8 heteroatoms. The van der Waals surface area contributed by atoms with Crippen molar-refractivity contribution >= 4 is 28.8 Å². The number of rotatable bonds is 0. The summed E-state index contributed by atoms with van der Waals surface area (Å²) in [7, 11) is 0. The molecule has 1 aromatic carbocycles. The number of nitrogens with zero attached hydrogens (tertiary/aromatic N) is 3. The van der Waals surface area contributed by atoms with Crippen LogP contribution in [0.25, 0.3) is 11.3 Å². The molecule has 3 aromatic rings. The van der Waals surface area contributed by atoms with Crippen molar-refractivity contribution < 1.29 is 9.13 Å². The normalized spacial score (nSPS) is 19.9. The van der Waals surface area contributed by atoms with Gasteiger partial charge >= 0.3 is 0 Å². The van der Waals surface area contributed by atoms with Crippen molar-refractivity contribution in [2.45, 2.75) is 26.0 Å². The Morgan fingerprint density at radius 3 is 3.00 bits per heavy atom. The summed E-state index contributed by atoms with van der Waals surface area (Å²) in [4.78, 5) is 4.64. The Balaban J connectivity index is 1.84. The Bertz CT molecular complexity index is 1030. The predicted octanol–water partition coefficient (Wildman–Crippen LogP) is 4.04. The molecule has 0 amide bonds. The lowest BCUT2D eigenvalue weighted by atomic mass is 10.1. The van der Waals surface area contributed by atoms with Gasteiger partial charge in [0.05, 0.1) is 29.4 Å². The molecule has 0 saturated carbocycles. The quantitative estimate of drug-likeness (QED) is 0.609. The van der Waals surface area contributed by atoms with Crippen LogP contribution in [-0.4, -0.2) is 27.2 Å². The number of hydrogen-bond donors (Lipinski definition) is 2. The van der Waals surface area contributed by atoms with E-state index in [0.29, 0.717) is 35.0 Å². The lowest BCUT2D eigenvalue weighted by molar-refractivity contribution is 0.220. The van der Waals surface area contributed by atoms with Crippen molar-refractivity contribution in [3.63, 3.8) is 0 Å². The van der Waals surface area contributed by atoms with Gasteiger partial charge in [0, 0.05) is 17.5 Å². The van der Waals surface area contributed by atoms with E-state index < -0.39 is 5.82 Å². The van der Waals surface area contributed by atoms with Gasteiger partial charge in [-0.2, -0.15) is 5.10 Å². The van der Waals surface area contributed by atoms with Crippen LogP contribution in [0.3, 0.4) is 0 Å². The fraction of sp³-hybridized carbons (Fsp3) is 0.263. The molecular formula is C19H19ClFN5O. The monoisotopic (exact) mass is 387 g/mol. The van der Waals surface area contributed by atoms with Crippen molar-refractivity contribution in [3.05, 3.63) is 59.1 Å². The molecule has 2 N–H and O–H groups in total. The highest BCUT2D eigenvalue weighted by atomic mass is 35.5. The van der Waals surface area contributed by atoms with Crippen LogP contribution in [0.5, 0.6) is 5.75 Å². The van der Waals surface area contributed by atoms with Gasteiger partial charge in [-0.05, 0) is 32.0 Å². The SMILES string of the molecule is C=C1NC[C@H](C)Oc2c(Cl)cc(F)cc2[C@@H](C)Nc2ccn3ncc1c3n2. The first-order chi connectivity index (χ1) is 12.9. The second kappa shape index (κ2) is 6.74. The number of nitrogens with one attached hydrogen (secondary N) is 2. The van der Waals surface area contributed by atoms with E-state index in [1.807, 2.05) is 20.0 Å². The Morgan fingerprint density at radius 1 is 1.37 bits per heavy atom. The highest BCUT2D eigenvalue weighted by Gasteiger charge is 2.21. The van der Waals surface area contributed by atoms with E-state index in [1.54, 1.807) is 16.8 Å². The Morgan fingerprint density at radius 2 is 2.19 bits per heavy atom. The Kier molecular flexibility index (Phi) is 4.39. The molecule has 4 rings (SSSR count). The summed E-state index contributed by atoms with van der Waals surface area (Å²) < 4.78 is 21.7. The standard InChI is InChI=1S/C19H19ClFN5O/c1-10-8-22-11(2)15-9-23-26-5-4-17(25-19(15)26)24-12(3)14-6-13(21)7-16(20)18(14)27-10/h4-7,9-10,12,22H,2,8H2,1,3H3,(H,24,25)/t10-,12+/m0/s1. The van der Waals surface area contributed by atoms with Crippen molar-refractivity contribution in [1.29, 1.82) is 0 Å². The second-order valence-electron chi connectivity index (χ2n) is 6.60. The lowest BCUT2D eigenvalue weighted by Gasteiger charge is -2.23. The summed E-state index contributed by atoms with van der Waals surface area (Å²) in [6.45, 7) is 8.39. The summed E-state index contributed by atoms with van der Waals surface area (Å²) >= 11 is 6.28. The number of fused-ring (bicyclic) bond motifs is 2. The molecule has 2 bridgehead atoms. The zero-order valence-electron chi connectivity index (χ0n) is 15.0. The van der Waals surface area contributed by atoms with E-state index in [2.05, 4.69) is 27.3 Å². The Hall–Kier alpha value is -2.80. The summed E-state index contributed by atoms with van der Waals surface area (Å²) in [5.74, 6) is 0.672. The third kappa shape index (κ3) is 3.30. The molecule has 6 nitrogen and oxygen atoms in total. The third-order valence-corrected chi connectivity index (χ3v) is 4.76. The van der Waals surface area contributed by atoms with Crippen molar-refractivity contribution in [2.75, 3.05) is 11.9 Å². The minimum absolute atomic E-state index is 0.224. The maximum atomic E-state index is 14.0. The van der Waals surface area contributed by atoms with Gasteiger partial charge < -0.3 is 15.4 Å². The fourth-order valence-corrected chi connectivity index (χ4v) is 3.35. The van der Waals surface area contributed by atoms with Crippen LogP contribution in [0.2, 0.25) is 5.02 Å². The van der Waals surface area contributed by atoms with Gasteiger partial charge in [0.1, 0.15) is 23.5 Å². The van der Waals surface area contributed by atoms with E-state index in [-0.39, 0.29) is 17.2 Å². The van der Waals surface area contributed by atoms with Crippen LogP contribution in [0.4, 0.5) is 10.2 Å². The molecule has 0 spiro atoms. The van der Waals surface area contributed by atoms with Crippen molar-refractivity contribution in [2.24, 2.45) is 0 Å². The van der Waals surface area contributed by atoms with Gasteiger partial charge in [0.25, 0.3) is 0 Å². The highest BCUT2D eigenvalue weighted by Crippen LogP contribution is 2.36. The van der Waals surface area contributed by atoms with Crippen LogP contribution < -0.4 is 15.4 Å². The minimum Gasteiger partial charge on any atom is -0.487 e. The molecule has 2 aromatic heterocycles.